The Hall–Kier alpha value is -1.29. The fourth-order valence-electron chi connectivity index (χ4n) is 1.46. The van der Waals surface area contributed by atoms with E-state index in [1.807, 2.05) is 12.1 Å². The summed E-state index contributed by atoms with van der Waals surface area (Å²) in [5.74, 6) is 0. The van der Waals surface area contributed by atoms with Crippen LogP contribution in [0.2, 0.25) is 0 Å². The average molecular weight is 189 g/mol. The van der Waals surface area contributed by atoms with Gasteiger partial charge in [-0.15, -0.1) is 0 Å². The zero-order valence-corrected chi connectivity index (χ0v) is 7.66. The van der Waals surface area contributed by atoms with Crippen LogP contribution in [-0.4, -0.2) is 18.2 Å². The molecule has 64 valence electrons. The minimum Gasteiger partial charge on any atom is -0.299 e. The van der Waals surface area contributed by atoms with Gasteiger partial charge in [0.1, 0.15) is 13.0 Å². The van der Waals surface area contributed by atoms with Crippen LogP contribution in [0.3, 0.4) is 0 Å². The maximum absolute atomic E-state index is 4.22. The Morgan fingerprint density at radius 1 is 1.31 bits per heavy atom. The van der Waals surface area contributed by atoms with Crippen molar-refractivity contribution < 1.29 is 0 Å². The number of rotatable bonds is 0. The largest absolute Gasteiger partial charge is 0.299 e. The fourth-order valence-corrected chi connectivity index (χ4v) is 2.46. The summed E-state index contributed by atoms with van der Waals surface area (Å²) in [6.07, 6.45) is 1.63. The molecule has 3 nitrogen and oxygen atoms in total. The number of fused-ring (bicyclic) bond motifs is 3. The number of hydrogen-bond acceptors (Lipinski definition) is 4. The molecular formula is C9H7N3S. The lowest BCUT2D eigenvalue weighted by Crippen LogP contribution is -2.27. The quantitative estimate of drug-likeness (QED) is 0.624. The van der Waals surface area contributed by atoms with Crippen molar-refractivity contribution in [2.24, 2.45) is 9.98 Å². The number of nitrogens with zero attached hydrogens (tertiary/aromatic N) is 3. The van der Waals surface area contributed by atoms with Crippen LogP contribution < -0.4 is 4.90 Å². The zero-order valence-electron chi connectivity index (χ0n) is 6.84. The van der Waals surface area contributed by atoms with Gasteiger partial charge in [-0.3, -0.25) is 9.89 Å². The molecule has 0 atom stereocenters. The molecule has 0 saturated heterocycles. The van der Waals surface area contributed by atoms with Crippen molar-refractivity contribution in [3.8, 4) is 0 Å². The van der Waals surface area contributed by atoms with E-state index in [1.54, 1.807) is 18.1 Å². The molecule has 13 heavy (non-hydrogen) atoms. The topological polar surface area (TPSA) is 28.0 Å². The molecule has 3 rings (SSSR count). The third kappa shape index (κ3) is 0.986. The van der Waals surface area contributed by atoms with E-state index in [0.717, 1.165) is 5.17 Å². The maximum atomic E-state index is 4.22. The lowest BCUT2D eigenvalue weighted by molar-refractivity contribution is 1.00. The highest BCUT2D eigenvalue weighted by molar-refractivity contribution is 8.14. The highest BCUT2D eigenvalue weighted by atomic mass is 32.2. The Labute approximate surface area is 80.2 Å². The van der Waals surface area contributed by atoms with Gasteiger partial charge in [0, 0.05) is 4.90 Å². The molecule has 0 amide bonds. The van der Waals surface area contributed by atoms with Crippen LogP contribution >= 0.6 is 11.8 Å². The molecular weight excluding hydrogens is 182 g/mol. The first-order valence-electron chi connectivity index (χ1n) is 4.06. The number of para-hydroxylation sites is 1. The highest BCUT2D eigenvalue weighted by Gasteiger charge is 2.26. The first-order valence-corrected chi connectivity index (χ1v) is 4.87. The molecule has 1 aromatic rings. The highest BCUT2D eigenvalue weighted by Crippen LogP contribution is 2.40. The van der Waals surface area contributed by atoms with Crippen molar-refractivity contribution in [2.75, 3.05) is 11.6 Å². The van der Waals surface area contributed by atoms with E-state index < -0.39 is 0 Å². The number of hydrogen-bond donors (Lipinski definition) is 0. The van der Waals surface area contributed by atoms with E-state index in [4.69, 9.17) is 0 Å². The molecule has 0 unspecified atom stereocenters. The molecule has 2 heterocycles. The fraction of sp³-hybridized carbons (Fsp3) is 0.111. The molecule has 0 aromatic heterocycles. The molecule has 1 aromatic carbocycles. The summed E-state index contributed by atoms with van der Waals surface area (Å²) >= 11 is 1.70. The van der Waals surface area contributed by atoms with E-state index in [-0.39, 0.29) is 0 Å². The van der Waals surface area contributed by atoms with Crippen molar-refractivity contribution in [3.63, 3.8) is 0 Å². The summed E-state index contributed by atoms with van der Waals surface area (Å²) in [6.45, 7) is 0.697. The molecule has 0 fully saturated rings. The van der Waals surface area contributed by atoms with E-state index in [0.29, 0.717) is 6.67 Å². The second-order valence-corrected chi connectivity index (χ2v) is 3.86. The maximum Gasteiger partial charge on any atom is 0.176 e. The predicted octanol–water partition coefficient (Wildman–Crippen LogP) is 1.95. The normalized spacial score (nSPS) is 18.2. The Bertz CT molecular complexity index is 411. The van der Waals surface area contributed by atoms with Crippen LogP contribution in [-0.2, 0) is 0 Å². The minimum absolute atomic E-state index is 0.697. The number of aliphatic imine (C=N–C) groups is 2. The van der Waals surface area contributed by atoms with E-state index in [9.17, 15) is 0 Å². The number of thioether (sulfide) groups is 1. The van der Waals surface area contributed by atoms with Gasteiger partial charge in [-0.1, -0.05) is 12.1 Å². The van der Waals surface area contributed by atoms with Crippen LogP contribution in [0.1, 0.15) is 0 Å². The Balaban J connectivity index is 2.14. The van der Waals surface area contributed by atoms with Gasteiger partial charge in [-0.2, -0.15) is 0 Å². The Morgan fingerprint density at radius 3 is 3.23 bits per heavy atom. The first kappa shape index (κ1) is 7.15. The van der Waals surface area contributed by atoms with Crippen LogP contribution in [0.15, 0.2) is 39.1 Å². The van der Waals surface area contributed by atoms with Crippen LogP contribution in [0.25, 0.3) is 0 Å². The smallest absolute Gasteiger partial charge is 0.176 e. The lowest BCUT2D eigenvalue weighted by Gasteiger charge is -2.17. The summed E-state index contributed by atoms with van der Waals surface area (Å²) in [4.78, 5) is 11.7. The molecule has 0 aliphatic carbocycles. The third-order valence-electron chi connectivity index (χ3n) is 2.06. The van der Waals surface area contributed by atoms with Gasteiger partial charge in [0.25, 0.3) is 0 Å². The van der Waals surface area contributed by atoms with Crippen LogP contribution in [0.5, 0.6) is 0 Å². The van der Waals surface area contributed by atoms with Gasteiger partial charge >= 0.3 is 0 Å². The predicted molar refractivity (Wildman–Crippen MR) is 55.6 cm³/mol. The molecule has 0 radical (unpaired) electrons. The van der Waals surface area contributed by atoms with Crippen molar-refractivity contribution in [3.05, 3.63) is 24.3 Å². The summed E-state index contributed by atoms with van der Waals surface area (Å²) in [5, 5.41) is 1.04. The van der Waals surface area contributed by atoms with Crippen LogP contribution in [0, 0.1) is 0 Å². The molecule has 0 saturated carbocycles. The molecule has 4 heteroatoms. The van der Waals surface area contributed by atoms with Crippen molar-refractivity contribution >= 4 is 29.0 Å². The van der Waals surface area contributed by atoms with Gasteiger partial charge in [-0.05, 0) is 23.9 Å². The molecule has 2 aliphatic heterocycles. The Kier molecular flexibility index (Phi) is 1.43. The van der Waals surface area contributed by atoms with Crippen molar-refractivity contribution in [1.82, 2.24) is 0 Å². The van der Waals surface area contributed by atoms with Gasteiger partial charge in [0.15, 0.2) is 5.17 Å². The molecule has 0 spiro atoms. The van der Waals surface area contributed by atoms with Gasteiger partial charge in [-0.25, -0.2) is 4.99 Å². The molecule has 2 aliphatic rings. The number of benzene rings is 1. The zero-order chi connectivity index (χ0) is 8.67. The first-order chi connectivity index (χ1) is 6.45. The number of amidine groups is 1. The Morgan fingerprint density at radius 2 is 2.23 bits per heavy atom. The van der Waals surface area contributed by atoms with Gasteiger partial charge < -0.3 is 0 Å². The van der Waals surface area contributed by atoms with Gasteiger partial charge in [0.05, 0.1) is 5.69 Å². The molecule has 0 bridgehead atoms. The second kappa shape index (κ2) is 2.60. The van der Waals surface area contributed by atoms with Crippen LogP contribution in [0.4, 0.5) is 5.69 Å². The molecule has 0 N–H and O–H groups in total. The van der Waals surface area contributed by atoms with E-state index in [2.05, 4.69) is 27.0 Å². The monoisotopic (exact) mass is 189 g/mol. The SMILES string of the molecule is C1=NCN2C(=N1)Sc1ccccc12. The van der Waals surface area contributed by atoms with Crippen molar-refractivity contribution in [2.45, 2.75) is 4.90 Å². The summed E-state index contributed by atoms with van der Waals surface area (Å²) in [7, 11) is 0. The summed E-state index contributed by atoms with van der Waals surface area (Å²) in [6, 6.07) is 8.30. The second-order valence-electron chi connectivity index (χ2n) is 2.85. The van der Waals surface area contributed by atoms with E-state index >= 15 is 0 Å². The number of anilines is 1. The third-order valence-corrected chi connectivity index (χ3v) is 3.13. The minimum atomic E-state index is 0.697. The standard InChI is InChI=1S/C9H7N3S/c1-2-4-8-7(3-1)12-6-10-5-11-9(12)13-8/h1-5H,6H2. The van der Waals surface area contributed by atoms with E-state index in [1.165, 1.54) is 10.6 Å². The van der Waals surface area contributed by atoms with Crippen molar-refractivity contribution in [1.29, 1.82) is 0 Å². The van der Waals surface area contributed by atoms with Gasteiger partial charge in [0.2, 0.25) is 0 Å². The summed E-state index contributed by atoms with van der Waals surface area (Å²) in [5.41, 5.74) is 1.23. The lowest BCUT2D eigenvalue weighted by atomic mass is 10.3. The average Bonchev–Trinajstić information content (AvgIpc) is 2.56. The summed E-state index contributed by atoms with van der Waals surface area (Å²) < 4.78 is 0.